The van der Waals surface area contributed by atoms with Crippen LogP contribution in [0.1, 0.15) is 40.5 Å². The van der Waals surface area contributed by atoms with Crippen LogP contribution >= 0.6 is 0 Å². The first-order valence-corrected chi connectivity index (χ1v) is 6.31. The SMILES string of the molecule is C=C(/C=C\C=C(\NC)C(C)CC)C(C)CC. The Labute approximate surface area is 101 Å². The van der Waals surface area contributed by atoms with Crippen LogP contribution in [0.5, 0.6) is 0 Å². The van der Waals surface area contributed by atoms with Gasteiger partial charge >= 0.3 is 0 Å². The zero-order chi connectivity index (χ0) is 12.6. The first-order valence-electron chi connectivity index (χ1n) is 6.31. The first-order chi connectivity index (χ1) is 7.56. The average molecular weight is 221 g/mol. The molecule has 0 aliphatic rings. The van der Waals surface area contributed by atoms with Crippen LogP contribution in [0, 0.1) is 11.8 Å². The van der Waals surface area contributed by atoms with E-state index >= 15 is 0 Å². The quantitative estimate of drug-likeness (QED) is 0.632. The van der Waals surface area contributed by atoms with Crippen molar-refractivity contribution in [3.05, 3.63) is 36.1 Å². The molecule has 2 atom stereocenters. The van der Waals surface area contributed by atoms with Crippen molar-refractivity contribution in [2.24, 2.45) is 11.8 Å². The summed E-state index contributed by atoms with van der Waals surface area (Å²) >= 11 is 0. The van der Waals surface area contributed by atoms with Crippen molar-refractivity contribution in [1.29, 1.82) is 0 Å². The summed E-state index contributed by atoms with van der Waals surface area (Å²) in [5.41, 5.74) is 2.49. The zero-order valence-corrected chi connectivity index (χ0v) is 11.5. The summed E-state index contributed by atoms with van der Waals surface area (Å²) in [6.45, 7) is 12.9. The summed E-state index contributed by atoms with van der Waals surface area (Å²) in [5.74, 6) is 1.16. The van der Waals surface area contributed by atoms with Gasteiger partial charge in [-0.3, -0.25) is 0 Å². The molecule has 1 N–H and O–H groups in total. The molecule has 0 aliphatic heterocycles. The summed E-state index contributed by atoms with van der Waals surface area (Å²) in [7, 11) is 1.98. The lowest BCUT2D eigenvalue weighted by Crippen LogP contribution is -2.12. The molecular formula is C15H27N. The molecule has 16 heavy (non-hydrogen) atoms. The third kappa shape index (κ3) is 5.20. The molecule has 0 saturated carbocycles. The van der Waals surface area contributed by atoms with E-state index in [4.69, 9.17) is 0 Å². The fourth-order valence-electron chi connectivity index (χ4n) is 1.42. The van der Waals surface area contributed by atoms with Gasteiger partial charge in [-0.1, -0.05) is 52.0 Å². The van der Waals surface area contributed by atoms with Crippen LogP contribution in [0.4, 0.5) is 0 Å². The van der Waals surface area contributed by atoms with Crippen molar-refractivity contribution in [2.75, 3.05) is 7.05 Å². The lowest BCUT2D eigenvalue weighted by atomic mass is 9.99. The highest BCUT2D eigenvalue weighted by Gasteiger charge is 2.02. The van der Waals surface area contributed by atoms with E-state index in [0.717, 1.165) is 12.8 Å². The van der Waals surface area contributed by atoms with E-state index in [0.29, 0.717) is 11.8 Å². The predicted molar refractivity (Wildman–Crippen MR) is 74.3 cm³/mol. The highest BCUT2D eigenvalue weighted by molar-refractivity contribution is 5.23. The van der Waals surface area contributed by atoms with Gasteiger partial charge < -0.3 is 5.32 Å². The van der Waals surface area contributed by atoms with Gasteiger partial charge in [0.25, 0.3) is 0 Å². The van der Waals surface area contributed by atoms with E-state index in [1.807, 2.05) is 7.05 Å². The van der Waals surface area contributed by atoms with Gasteiger partial charge in [-0.15, -0.1) is 0 Å². The number of hydrogen-bond donors (Lipinski definition) is 1. The Kier molecular flexibility index (Phi) is 7.70. The Morgan fingerprint density at radius 3 is 2.19 bits per heavy atom. The van der Waals surface area contributed by atoms with E-state index in [-0.39, 0.29) is 0 Å². The highest BCUT2D eigenvalue weighted by atomic mass is 14.8. The molecule has 0 aliphatic carbocycles. The lowest BCUT2D eigenvalue weighted by molar-refractivity contribution is 0.613. The molecule has 2 unspecified atom stereocenters. The second-order valence-corrected chi connectivity index (χ2v) is 4.42. The van der Waals surface area contributed by atoms with Crippen LogP contribution in [0.3, 0.4) is 0 Å². The molecule has 0 fully saturated rings. The summed E-state index contributed by atoms with van der Waals surface area (Å²) in [4.78, 5) is 0. The van der Waals surface area contributed by atoms with Gasteiger partial charge in [0.1, 0.15) is 0 Å². The third-order valence-corrected chi connectivity index (χ3v) is 3.26. The maximum absolute atomic E-state index is 4.08. The van der Waals surface area contributed by atoms with Gasteiger partial charge in [0.2, 0.25) is 0 Å². The molecule has 0 bridgehead atoms. The van der Waals surface area contributed by atoms with Gasteiger partial charge in [0, 0.05) is 12.7 Å². The minimum Gasteiger partial charge on any atom is -0.391 e. The van der Waals surface area contributed by atoms with Crippen LogP contribution in [-0.2, 0) is 0 Å². The van der Waals surface area contributed by atoms with Crippen molar-refractivity contribution < 1.29 is 0 Å². The molecule has 1 nitrogen and oxygen atoms in total. The Balaban J connectivity index is 4.43. The van der Waals surface area contributed by atoms with Crippen molar-refractivity contribution in [3.8, 4) is 0 Å². The van der Waals surface area contributed by atoms with Crippen LogP contribution in [0.2, 0.25) is 0 Å². The molecule has 1 heteroatoms. The van der Waals surface area contributed by atoms with Crippen LogP contribution in [0.25, 0.3) is 0 Å². The summed E-state index contributed by atoms with van der Waals surface area (Å²) < 4.78 is 0. The number of hydrogen-bond acceptors (Lipinski definition) is 1. The second kappa shape index (κ2) is 8.20. The number of nitrogens with one attached hydrogen (secondary N) is 1. The molecule has 0 radical (unpaired) electrons. The lowest BCUT2D eigenvalue weighted by Gasteiger charge is -2.12. The Morgan fingerprint density at radius 1 is 1.19 bits per heavy atom. The summed E-state index contributed by atoms with van der Waals surface area (Å²) in [5, 5.41) is 3.25. The molecule has 0 heterocycles. The predicted octanol–water partition coefficient (Wildman–Crippen LogP) is 4.29. The van der Waals surface area contributed by atoms with Crippen LogP contribution < -0.4 is 5.32 Å². The van der Waals surface area contributed by atoms with Crippen molar-refractivity contribution in [1.82, 2.24) is 5.32 Å². The van der Waals surface area contributed by atoms with Crippen molar-refractivity contribution in [3.63, 3.8) is 0 Å². The van der Waals surface area contributed by atoms with Crippen molar-refractivity contribution >= 4 is 0 Å². The van der Waals surface area contributed by atoms with E-state index in [2.05, 4.69) is 57.8 Å². The smallest absolute Gasteiger partial charge is 0.0133 e. The van der Waals surface area contributed by atoms with Gasteiger partial charge in [-0.25, -0.2) is 0 Å². The second-order valence-electron chi connectivity index (χ2n) is 4.42. The molecule has 0 spiro atoms. The van der Waals surface area contributed by atoms with E-state index in [1.165, 1.54) is 11.3 Å². The van der Waals surface area contributed by atoms with E-state index in [1.54, 1.807) is 0 Å². The third-order valence-electron chi connectivity index (χ3n) is 3.26. The fourth-order valence-corrected chi connectivity index (χ4v) is 1.42. The number of allylic oxidation sites excluding steroid dienone is 5. The topological polar surface area (TPSA) is 12.0 Å². The maximum atomic E-state index is 4.08. The Bertz CT molecular complexity index is 261. The molecule has 0 amide bonds. The van der Waals surface area contributed by atoms with Crippen LogP contribution in [-0.4, -0.2) is 7.05 Å². The molecule has 0 aromatic heterocycles. The average Bonchev–Trinajstić information content (AvgIpc) is 2.32. The van der Waals surface area contributed by atoms with Gasteiger partial charge in [0.15, 0.2) is 0 Å². The van der Waals surface area contributed by atoms with Gasteiger partial charge in [0.05, 0.1) is 0 Å². The zero-order valence-electron chi connectivity index (χ0n) is 11.5. The maximum Gasteiger partial charge on any atom is 0.0133 e. The molecule has 0 saturated heterocycles. The Hall–Kier alpha value is -0.980. The monoisotopic (exact) mass is 221 g/mol. The normalized spacial score (nSPS) is 16.2. The molecule has 92 valence electrons. The summed E-state index contributed by atoms with van der Waals surface area (Å²) in [6.07, 6.45) is 8.69. The number of rotatable bonds is 7. The minimum absolute atomic E-state index is 0.575. The fraction of sp³-hybridized carbons (Fsp3) is 0.600. The first kappa shape index (κ1) is 15.0. The minimum atomic E-state index is 0.575. The van der Waals surface area contributed by atoms with E-state index in [9.17, 15) is 0 Å². The van der Waals surface area contributed by atoms with Crippen molar-refractivity contribution in [2.45, 2.75) is 40.5 Å². The largest absolute Gasteiger partial charge is 0.391 e. The molecular weight excluding hydrogens is 194 g/mol. The Morgan fingerprint density at radius 2 is 1.75 bits per heavy atom. The van der Waals surface area contributed by atoms with Crippen LogP contribution in [0.15, 0.2) is 36.1 Å². The van der Waals surface area contributed by atoms with Gasteiger partial charge in [-0.2, -0.15) is 0 Å². The van der Waals surface area contributed by atoms with E-state index < -0.39 is 0 Å². The highest BCUT2D eigenvalue weighted by Crippen LogP contribution is 2.14. The van der Waals surface area contributed by atoms with Gasteiger partial charge in [-0.05, 0) is 30.8 Å². The molecule has 0 aromatic rings. The standard InChI is InChI=1S/C15H27N/c1-7-12(3)14(5)10-9-11-15(16-6)13(4)8-2/h9-13,16H,5,7-8H2,1-4,6H3/b10-9-,15-11+. The summed E-state index contributed by atoms with van der Waals surface area (Å²) in [6, 6.07) is 0. The molecule has 0 aromatic carbocycles. The molecule has 0 rings (SSSR count).